The standard InChI is InChI=1S/C11H13NO5S/c1-7-2-3-9(4-10(7)11(14)15)18(16,17)12-5-8(13)6-12/h2-4,8,13H,5-6H2,1H3,(H,14,15). The van der Waals surface area contributed by atoms with Crippen LogP contribution < -0.4 is 0 Å². The van der Waals surface area contributed by atoms with E-state index in [0.29, 0.717) is 5.56 Å². The molecule has 98 valence electrons. The minimum Gasteiger partial charge on any atom is -0.478 e. The number of rotatable bonds is 3. The number of β-amino-alcohol motifs (C(OH)–C–C–N with tert-alkyl or cyclic N) is 1. The van der Waals surface area contributed by atoms with Gasteiger partial charge in [0.2, 0.25) is 10.0 Å². The molecule has 1 saturated heterocycles. The highest BCUT2D eigenvalue weighted by atomic mass is 32.2. The number of aliphatic hydroxyl groups excluding tert-OH is 1. The summed E-state index contributed by atoms with van der Waals surface area (Å²) in [5.41, 5.74) is 0.474. The molecule has 0 unspecified atom stereocenters. The van der Waals surface area contributed by atoms with Gasteiger partial charge in [0.15, 0.2) is 0 Å². The maximum atomic E-state index is 12.1. The Balaban J connectivity index is 2.40. The van der Waals surface area contributed by atoms with Gasteiger partial charge < -0.3 is 10.2 Å². The largest absolute Gasteiger partial charge is 0.478 e. The molecule has 7 heteroatoms. The zero-order chi connectivity index (χ0) is 13.5. The van der Waals surface area contributed by atoms with Gasteiger partial charge in [-0.2, -0.15) is 4.31 Å². The van der Waals surface area contributed by atoms with Crippen LogP contribution in [-0.4, -0.2) is 48.1 Å². The number of sulfonamides is 1. The Morgan fingerprint density at radius 2 is 2.00 bits per heavy atom. The molecule has 0 radical (unpaired) electrons. The second-order valence-electron chi connectivity index (χ2n) is 4.26. The lowest BCUT2D eigenvalue weighted by atomic mass is 10.1. The first-order valence-corrected chi connectivity index (χ1v) is 6.78. The Kier molecular flexibility index (Phi) is 3.14. The smallest absolute Gasteiger partial charge is 0.335 e. The van der Waals surface area contributed by atoms with Gasteiger partial charge >= 0.3 is 5.97 Å². The lowest BCUT2D eigenvalue weighted by molar-refractivity contribution is 0.0547. The predicted molar refractivity (Wildman–Crippen MR) is 62.9 cm³/mol. The minimum atomic E-state index is -3.70. The van der Waals surface area contributed by atoms with Crippen LogP contribution in [0.5, 0.6) is 0 Å². The lowest BCUT2D eigenvalue weighted by Gasteiger charge is -2.34. The van der Waals surface area contributed by atoms with Gasteiger partial charge in [0.05, 0.1) is 16.6 Å². The molecule has 1 fully saturated rings. The molecule has 1 aromatic carbocycles. The van der Waals surface area contributed by atoms with E-state index in [4.69, 9.17) is 10.2 Å². The molecule has 1 aliphatic heterocycles. The molecule has 2 N–H and O–H groups in total. The fourth-order valence-corrected chi connectivity index (χ4v) is 3.30. The molecular weight excluding hydrogens is 258 g/mol. The Morgan fingerprint density at radius 1 is 1.39 bits per heavy atom. The topological polar surface area (TPSA) is 94.9 Å². The van der Waals surface area contributed by atoms with Crippen molar-refractivity contribution in [3.8, 4) is 0 Å². The Morgan fingerprint density at radius 3 is 2.50 bits per heavy atom. The first-order valence-electron chi connectivity index (χ1n) is 5.34. The van der Waals surface area contributed by atoms with Crippen LogP contribution in [0, 0.1) is 6.92 Å². The van der Waals surface area contributed by atoms with Gasteiger partial charge in [0.1, 0.15) is 0 Å². The number of hydrogen-bond donors (Lipinski definition) is 2. The molecule has 0 saturated carbocycles. The van der Waals surface area contributed by atoms with Gasteiger partial charge in [-0.25, -0.2) is 13.2 Å². The summed E-state index contributed by atoms with van der Waals surface area (Å²) in [6.07, 6.45) is -0.635. The molecule has 0 aromatic heterocycles. The molecule has 0 amide bonds. The molecule has 1 aliphatic rings. The first kappa shape index (κ1) is 13.0. The van der Waals surface area contributed by atoms with E-state index in [2.05, 4.69) is 0 Å². The van der Waals surface area contributed by atoms with Crippen LogP contribution in [0.2, 0.25) is 0 Å². The zero-order valence-corrected chi connectivity index (χ0v) is 10.5. The highest BCUT2D eigenvalue weighted by molar-refractivity contribution is 7.89. The summed E-state index contributed by atoms with van der Waals surface area (Å²) in [6, 6.07) is 3.99. The second-order valence-corrected chi connectivity index (χ2v) is 6.20. The highest BCUT2D eigenvalue weighted by Gasteiger charge is 2.35. The van der Waals surface area contributed by atoms with E-state index >= 15 is 0 Å². The minimum absolute atomic E-state index is 0.0304. The number of aryl methyl sites for hydroxylation is 1. The number of carboxylic acid groups (broad SMARTS) is 1. The molecule has 18 heavy (non-hydrogen) atoms. The summed E-state index contributed by atoms with van der Waals surface area (Å²) in [4.78, 5) is 10.9. The van der Waals surface area contributed by atoms with Crippen molar-refractivity contribution in [1.29, 1.82) is 0 Å². The van der Waals surface area contributed by atoms with Crippen LogP contribution in [0.25, 0.3) is 0 Å². The van der Waals surface area contributed by atoms with Crippen molar-refractivity contribution in [1.82, 2.24) is 4.31 Å². The van der Waals surface area contributed by atoms with Gasteiger partial charge in [-0.05, 0) is 24.6 Å². The molecule has 1 aromatic rings. The zero-order valence-electron chi connectivity index (χ0n) is 9.70. The van der Waals surface area contributed by atoms with Crippen molar-refractivity contribution in [2.24, 2.45) is 0 Å². The number of nitrogens with zero attached hydrogens (tertiary/aromatic N) is 1. The number of hydrogen-bond acceptors (Lipinski definition) is 4. The van der Waals surface area contributed by atoms with E-state index in [-0.39, 0.29) is 23.5 Å². The number of aromatic carboxylic acids is 1. The average molecular weight is 271 g/mol. The molecule has 2 rings (SSSR count). The van der Waals surface area contributed by atoms with Crippen LogP contribution in [0.3, 0.4) is 0 Å². The Bertz CT molecular complexity index is 589. The molecule has 0 bridgehead atoms. The predicted octanol–water partition coefficient (Wildman–Crippen LogP) is 0.0584. The van der Waals surface area contributed by atoms with Crippen LogP contribution in [0.15, 0.2) is 23.1 Å². The molecule has 1 heterocycles. The van der Waals surface area contributed by atoms with Crippen molar-refractivity contribution in [2.75, 3.05) is 13.1 Å². The maximum absolute atomic E-state index is 12.1. The molecule has 0 spiro atoms. The van der Waals surface area contributed by atoms with Crippen LogP contribution in [0.1, 0.15) is 15.9 Å². The van der Waals surface area contributed by atoms with Crippen molar-refractivity contribution < 1.29 is 23.4 Å². The molecular formula is C11H13NO5S. The van der Waals surface area contributed by atoms with E-state index in [1.54, 1.807) is 6.92 Å². The van der Waals surface area contributed by atoms with Gasteiger partial charge in [-0.15, -0.1) is 0 Å². The van der Waals surface area contributed by atoms with E-state index in [9.17, 15) is 13.2 Å². The third-order valence-electron chi connectivity index (χ3n) is 2.91. The second kappa shape index (κ2) is 4.34. The summed E-state index contributed by atoms with van der Waals surface area (Å²) >= 11 is 0. The van der Waals surface area contributed by atoms with Crippen LogP contribution >= 0.6 is 0 Å². The quantitative estimate of drug-likeness (QED) is 0.810. The van der Waals surface area contributed by atoms with E-state index in [1.807, 2.05) is 0 Å². The van der Waals surface area contributed by atoms with Crippen LogP contribution in [-0.2, 0) is 10.0 Å². The average Bonchev–Trinajstić information content (AvgIpc) is 2.24. The van der Waals surface area contributed by atoms with Crippen molar-refractivity contribution >= 4 is 16.0 Å². The highest BCUT2D eigenvalue weighted by Crippen LogP contribution is 2.23. The fourth-order valence-electron chi connectivity index (χ4n) is 1.75. The van der Waals surface area contributed by atoms with Crippen molar-refractivity contribution in [2.45, 2.75) is 17.9 Å². The molecule has 0 atom stereocenters. The number of carboxylic acids is 1. The normalized spacial score (nSPS) is 17.4. The summed E-state index contributed by atoms with van der Waals surface area (Å²) in [5, 5.41) is 18.1. The van der Waals surface area contributed by atoms with Gasteiger partial charge in [0, 0.05) is 13.1 Å². The number of aliphatic hydroxyl groups is 1. The summed E-state index contributed by atoms with van der Waals surface area (Å²) in [5.74, 6) is -1.16. The SMILES string of the molecule is Cc1ccc(S(=O)(=O)N2CC(O)C2)cc1C(=O)O. The maximum Gasteiger partial charge on any atom is 0.335 e. The third-order valence-corrected chi connectivity index (χ3v) is 4.73. The first-order chi connectivity index (χ1) is 8.32. The van der Waals surface area contributed by atoms with E-state index < -0.39 is 22.1 Å². The molecule has 6 nitrogen and oxygen atoms in total. The number of benzene rings is 1. The van der Waals surface area contributed by atoms with E-state index in [0.717, 1.165) is 10.4 Å². The van der Waals surface area contributed by atoms with Crippen molar-refractivity contribution in [3.63, 3.8) is 0 Å². The Labute approximate surface area is 105 Å². The number of carbonyl (C=O) groups is 1. The van der Waals surface area contributed by atoms with Gasteiger partial charge in [-0.1, -0.05) is 6.07 Å². The summed E-state index contributed by atoms with van der Waals surface area (Å²) in [7, 11) is -3.70. The van der Waals surface area contributed by atoms with Crippen molar-refractivity contribution in [3.05, 3.63) is 29.3 Å². The lowest BCUT2D eigenvalue weighted by Crippen LogP contribution is -2.53. The Hall–Kier alpha value is -1.44. The fraction of sp³-hybridized carbons (Fsp3) is 0.364. The van der Waals surface area contributed by atoms with E-state index in [1.165, 1.54) is 12.1 Å². The third kappa shape index (κ3) is 2.12. The molecule has 0 aliphatic carbocycles. The van der Waals surface area contributed by atoms with Gasteiger partial charge in [-0.3, -0.25) is 0 Å². The van der Waals surface area contributed by atoms with Crippen LogP contribution in [0.4, 0.5) is 0 Å². The van der Waals surface area contributed by atoms with Gasteiger partial charge in [0.25, 0.3) is 0 Å². The summed E-state index contributed by atoms with van der Waals surface area (Å²) in [6.45, 7) is 1.71. The summed E-state index contributed by atoms with van der Waals surface area (Å²) < 4.78 is 25.3. The monoisotopic (exact) mass is 271 g/mol.